The van der Waals surface area contributed by atoms with Crippen molar-refractivity contribution in [1.82, 2.24) is 0 Å². The molecule has 4 fully saturated rings. The Hall–Kier alpha value is -1.16. The van der Waals surface area contributed by atoms with Crippen LogP contribution in [0.2, 0.25) is 0 Å². The summed E-state index contributed by atoms with van der Waals surface area (Å²) in [6, 6.07) is 0. The van der Waals surface area contributed by atoms with Crippen molar-refractivity contribution >= 4 is 40.5 Å². The first-order valence-corrected chi connectivity index (χ1v) is 12.1. The lowest BCUT2D eigenvalue weighted by molar-refractivity contribution is -0.167. The molecule has 0 aromatic carbocycles. The number of ether oxygens (including phenoxy) is 3. The van der Waals surface area contributed by atoms with E-state index in [-0.39, 0.29) is 17.3 Å². The quantitative estimate of drug-likeness (QED) is 0.196. The Bertz CT molecular complexity index is 872. The molecule has 0 aromatic rings. The SMILES string of the molecule is COC(=O)[C@H]1C2[C@@]3(C=C[C@H](OC(C)=O)[C@]2(C)C(=O)O3)[C@@H]2CC[C@@]3(CI)C[C@]21C[C@H]3O. The van der Waals surface area contributed by atoms with Crippen LogP contribution < -0.4 is 0 Å². The van der Waals surface area contributed by atoms with Gasteiger partial charge in [0.15, 0.2) is 0 Å². The van der Waals surface area contributed by atoms with Crippen LogP contribution in [-0.2, 0) is 28.6 Å². The van der Waals surface area contributed by atoms with Crippen molar-refractivity contribution in [1.29, 1.82) is 0 Å². The van der Waals surface area contributed by atoms with Gasteiger partial charge in [0.05, 0.1) is 19.1 Å². The molecule has 1 N–H and O–H groups in total. The van der Waals surface area contributed by atoms with E-state index in [0.717, 1.165) is 17.3 Å². The van der Waals surface area contributed by atoms with E-state index in [1.807, 2.05) is 6.08 Å². The van der Waals surface area contributed by atoms with E-state index in [2.05, 4.69) is 22.6 Å². The number of rotatable bonds is 3. The highest BCUT2D eigenvalue weighted by Crippen LogP contribution is 2.78. The van der Waals surface area contributed by atoms with E-state index in [1.54, 1.807) is 13.0 Å². The summed E-state index contributed by atoms with van der Waals surface area (Å²) < 4.78 is 17.8. The molecule has 9 atom stereocenters. The lowest BCUT2D eigenvalue weighted by Gasteiger charge is -2.46. The van der Waals surface area contributed by atoms with Gasteiger partial charge in [-0.25, -0.2) is 0 Å². The number of aliphatic hydroxyl groups excluding tert-OH is 1. The van der Waals surface area contributed by atoms with Crippen molar-refractivity contribution in [3.63, 3.8) is 0 Å². The molecule has 1 heterocycles. The van der Waals surface area contributed by atoms with Crippen LogP contribution in [0.3, 0.4) is 0 Å². The predicted octanol–water partition coefficient (Wildman–Crippen LogP) is 2.18. The molecule has 164 valence electrons. The maximum atomic E-state index is 13.3. The minimum atomic E-state index is -1.17. The van der Waals surface area contributed by atoms with E-state index < -0.39 is 52.4 Å². The molecular formula is C22H27IO7. The molecule has 8 heteroatoms. The molecule has 5 rings (SSSR count). The van der Waals surface area contributed by atoms with Crippen molar-refractivity contribution in [2.45, 2.75) is 57.3 Å². The van der Waals surface area contributed by atoms with Gasteiger partial charge >= 0.3 is 17.9 Å². The fourth-order valence-electron chi connectivity index (χ4n) is 7.97. The minimum absolute atomic E-state index is 0.0763. The highest BCUT2D eigenvalue weighted by Gasteiger charge is 2.84. The van der Waals surface area contributed by atoms with E-state index in [0.29, 0.717) is 12.8 Å². The zero-order valence-electron chi connectivity index (χ0n) is 17.4. The monoisotopic (exact) mass is 530 g/mol. The van der Waals surface area contributed by atoms with E-state index in [4.69, 9.17) is 14.2 Å². The third-order valence-corrected chi connectivity index (χ3v) is 10.6. The van der Waals surface area contributed by atoms with Gasteiger partial charge in [-0.3, -0.25) is 14.4 Å². The molecule has 5 aliphatic rings. The van der Waals surface area contributed by atoms with Crippen molar-refractivity contribution in [2.75, 3.05) is 11.5 Å². The van der Waals surface area contributed by atoms with Crippen molar-refractivity contribution in [2.24, 2.45) is 34.0 Å². The Labute approximate surface area is 189 Å². The van der Waals surface area contributed by atoms with Gasteiger partial charge in [-0.05, 0) is 50.2 Å². The highest BCUT2D eigenvalue weighted by atomic mass is 127. The average Bonchev–Trinajstić information content (AvgIpc) is 3.14. The second-order valence-electron chi connectivity index (χ2n) is 10.1. The topological polar surface area (TPSA) is 99.1 Å². The van der Waals surface area contributed by atoms with Crippen molar-refractivity contribution in [3.8, 4) is 0 Å². The number of alkyl halides is 1. The average molecular weight is 530 g/mol. The van der Waals surface area contributed by atoms with Crippen molar-refractivity contribution < 1.29 is 33.7 Å². The molecule has 1 aliphatic heterocycles. The molecule has 1 unspecified atom stereocenters. The second-order valence-corrected chi connectivity index (χ2v) is 10.9. The number of hydrogen-bond acceptors (Lipinski definition) is 7. The summed E-state index contributed by atoms with van der Waals surface area (Å²) in [5.74, 6) is -2.47. The first-order valence-electron chi connectivity index (χ1n) is 10.5. The van der Waals surface area contributed by atoms with Crippen LogP contribution in [0.15, 0.2) is 12.2 Å². The summed E-state index contributed by atoms with van der Waals surface area (Å²) in [5, 5.41) is 11.1. The molecule has 0 radical (unpaired) electrons. The summed E-state index contributed by atoms with van der Waals surface area (Å²) in [4.78, 5) is 38.3. The van der Waals surface area contributed by atoms with E-state index in [9.17, 15) is 19.5 Å². The van der Waals surface area contributed by atoms with Gasteiger partial charge in [0.1, 0.15) is 17.1 Å². The molecule has 30 heavy (non-hydrogen) atoms. The molecule has 4 aliphatic carbocycles. The molecule has 0 amide bonds. The number of esters is 3. The second kappa shape index (κ2) is 6.21. The predicted molar refractivity (Wildman–Crippen MR) is 112 cm³/mol. The summed E-state index contributed by atoms with van der Waals surface area (Å²) in [6.45, 7) is 3.06. The van der Waals surface area contributed by atoms with Crippen LogP contribution in [0, 0.1) is 34.0 Å². The van der Waals surface area contributed by atoms with Gasteiger partial charge in [-0.1, -0.05) is 22.6 Å². The number of fused-ring (bicyclic) bond motifs is 1. The van der Waals surface area contributed by atoms with Crippen LogP contribution in [0.1, 0.15) is 39.5 Å². The summed E-state index contributed by atoms with van der Waals surface area (Å²) >= 11 is 2.34. The lowest BCUT2D eigenvalue weighted by Crippen LogP contribution is -2.52. The third-order valence-electron chi connectivity index (χ3n) is 9.06. The first-order chi connectivity index (χ1) is 14.1. The minimum Gasteiger partial charge on any atom is -0.469 e. The molecular weight excluding hydrogens is 503 g/mol. The van der Waals surface area contributed by atoms with Gasteiger partial charge in [0, 0.05) is 28.6 Å². The first kappa shape index (κ1) is 20.7. The Balaban J connectivity index is 1.71. The summed E-state index contributed by atoms with van der Waals surface area (Å²) in [6.07, 6.45) is 5.16. The maximum Gasteiger partial charge on any atom is 0.317 e. The molecule has 0 aromatic heterocycles. The number of methoxy groups -OCH3 is 1. The van der Waals surface area contributed by atoms with Gasteiger partial charge in [-0.15, -0.1) is 0 Å². The number of hydrogen-bond donors (Lipinski definition) is 1. The van der Waals surface area contributed by atoms with Gasteiger partial charge < -0.3 is 19.3 Å². The van der Waals surface area contributed by atoms with Crippen LogP contribution >= 0.6 is 22.6 Å². The zero-order chi connectivity index (χ0) is 21.7. The van der Waals surface area contributed by atoms with Crippen LogP contribution in [0.25, 0.3) is 0 Å². The fourth-order valence-corrected chi connectivity index (χ4v) is 9.13. The van der Waals surface area contributed by atoms with Crippen LogP contribution in [0.4, 0.5) is 0 Å². The Morgan fingerprint density at radius 2 is 2.13 bits per heavy atom. The maximum absolute atomic E-state index is 13.3. The highest BCUT2D eigenvalue weighted by molar-refractivity contribution is 14.1. The lowest BCUT2D eigenvalue weighted by atomic mass is 9.60. The normalized spacial score (nSPS) is 52.4. The van der Waals surface area contributed by atoms with E-state index >= 15 is 0 Å². The number of halogens is 1. The molecule has 4 bridgehead atoms. The third kappa shape index (κ3) is 2.12. The Morgan fingerprint density at radius 3 is 2.77 bits per heavy atom. The van der Waals surface area contributed by atoms with Gasteiger partial charge in [0.2, 0.25) is 0 Å². The fraction of sp³-hybridized carbons (Fsp3) is 0.773. The standard InChI is InChI=1S/C22H27IO7/c1-11(24)29-14-5-7-22-12-4-6-20(10-23)9-21(12,8-13(20)25)15(17(26)28-3)16(22)19(14,2)18(27)30-22/h5,7,12-16,25H,4,6,8-10H2,1-3H3/t12-,13-,14+,15-,16?,19+,20+,21-,22-/m1/s1. The largest absolute Gasteiger partial charge is 0.469 e. The zero-order valence-corrected chi connectivity index (χ0v) is 19.5. The molecule has 7 nitrogen and oxygen atoms in total. The van der Waals surface area contributed by atoms with Gasteiger partial charge in [0.25, 0.3) is 0 Å². The molecule has 3 saturated carbocycles. The molecule has 1 spiro atoms. The van der Waals surface area contributed by atoms with Gasteiger partial charge in [-0.2, -0.15) is 0 Å². The Kier molecular flexibility index (Phi) is 4.29. The van der Waals surface area contributed by atoms with E-state index in [1.165, 1.54) is 14.0 Å². The number of aliphatic hydroxyl groups is 1. The summed E-state index contributed by atoms with van der Waals surface area (Å²) in [7, 11) is 1.37. The molecule has 1 saturated heterocycles. The smallest absolute Gasteiger partial charge is 0.317 e. The number of carbonyl (C=O) groups excluding carboxylic acids is 3. The number of carbonyl (C=O) groups is 3. The summed E-state index contributed by atoms with van der Waals surface area (Å²) in [5.41, 5.74) is -2.83. The van der Waals surface area contributed by atoms with Crippen LogP contribution in [0.5, 0.6) is 0 Å². The van der Waals surface area contributed by atoms with Crippen LogP contribution in [-0.4, -0.2) is 52.4 Å². The Morgan fingerprint density at radius 1 is 1.40 bits per heavy atom. The van der Waals surface area contributed by atoms with Crippen molar-refractivity contribution in [3.05, 3.63) is 12.2 Å².